The van der Waals surface area contributed by atoms with E-state index in [0.717, 1.165) is 27.1 Å². The number of ketones is 1. The van der Waals surface area contributed by atoms with Gasteiger partial charge in [0, 0.05) is 0 Å². The van der Waals surface area contributed by atoms with E-state index in [1.807, 2.05) is 42.5 Å². The predicted octanol–water partition coefficient (Wildman–Crippen LogP) is 4.23. The van der Waals surface area contributed by atoms with Crippen LogP contribution in [0.25, 0.3) is 0 Å². The standard InChI is InChI=1S/C14H10F2O2Se.C14H8F2OSe/c15-12-7-6-10(14(17)18)11(13(12)16)8-19-9-4-2-1-3-5-9;15-11-6-5-8-10(13(11)16)7-18-12-4-2-1-3-9(12)14(8)17/h1-7H,8H2,(H,17,18);1-6H,7H2. The van der Waals surface area contributed by atoms with Gasteiger partial charge in [-0.05, 0) is 0 Å². The molecule has 4 aromatic carbocycles. The Balaban J connectivity index is 0.000000173. The molecule has 0 saturated carbocycles. The summed E-state index contributed by atoms with van der Waals surface area (Å²) in [6, 6.07) is 21.0. The number of carboxylic acids is 1. The third kappa shape index (κ3) is 6.03. The van der Waals surface area contributed by atoms with E-state index in [4.69, 9.17) is 5.11 Å². The van der Waals surface area contributed by atoms with Crippen LogP contribution >= 0.6 is 0 Å². The number of fused-ring (bicyclic) bond motifs is 2. The molecule has 0 spiro atoms. The average molecular weight is 636 g/mol. The van der Waals surface area contributed by atoms with Gasteiger partial charge >= 0.3 is 223 Å². The minimum absolute atomic E-state index is 0.0495. The molecule has 0 unspecified atom stereocenters. The zero-order chi connectivity index (χ0) is 26.5. The fraction of sp³-hybridized carbons (Fsp3) is 0.0714. The summed E-state index contributed by atoms with van der Waals surface area (Å²) in [4.78, 5) is 23.3. The Labute approximate surface area is 222 Å². The second-order valence-corrected chi connectivity index (χ2v) is 12.1. The molecule has 9 heteroatoms. The second-order valence-electron chi connectivity index (χ2n) is 7.80. The van der Waals surface area contributed by atoms with Crippen LogP contribution in [-0.2, 0) is 10.6 Å². The molecule has 1 N–H and O–H groups in total. The maximum absolute atomic E-state index is 13.7. The van der Waals surface area contributed by atoms with E-state index in [1.165, 1.54) is 6.07 Å². The number of carboxylic acid groups (broad SMARTS) is 1. The molecule has 1 heterocycles. The van der Waals surface area contributed by atoms with Crippen molar-refractivity contribution in [3.05, 3.63) is 130 Å². The van der Waals surface area contributed by atoms with Crippen molar-refractivity contribution in [2.45, 2.75) is 10.6 Å². The predicted molar refractivity (Wildman–Crippen MR) is 134 cm³/mol. The molecule has 0 atom stereocenters. The monoisotopic (exact) mass is 638 g/mol. The van der Waals surface area contributed by atoms with E-state index in [-0.39, 0.29) is 57.7 Å². The van der Waals surface area contributed by atoms with E-state index in [9.17, 15) is 27.2 Å². The van der Waals surface area contributed by atoms with Crippen LogP contribution in [0.4, 0.5) is 17.6 Å². The first-order valence-electron chi connectivity index (χ1n) is 10.9. The molecule has 37 heavy (non-hydrogen) atoms. The third-order valence-electron chi connectivity index (χ3n) is 5.50. The van der Waals surface area contributed by atoms with Gasteiger partial charge < -0.3 is 0 Å². The number of halogens is 4. The second kappa shape index (κ2) is 11.9. The summed E-state index contributed by atoms with van der Waals surface area (Å²) in [7, 11) is 0. The Kier molecular flexibility index (Phi) is 8.62. The number of hydrogen-bond acceptors (Lipinski definition) is 2. The van der Waals surface area contributed by atoms with Crippen LogP contribution in [0.15, 0.2) is 78.9 Å². The van der Waals surface area contributed by atoms with Gasteiger partial charge in [0.25, 0.3) is 0 Å². The number of hydrogen-bond donors (Lipinski definition) is 1. The van der Waals surface area contributed by atoms with Gasteiger partial charge in [0.2, 0.25) is 0 Å². The van der Waals surface area contributed by atoms with Gasteiger partial charge in [-0.25, -0.2) is 0 Å². The van der Waals surface area contributed by atoms with Crippen molar-refractivity contribution >= 4 is 50.6 Å². The molecule has 0 radical (unpaired) electrons. The molecular formula is C28H18F4O3Se2. The Morgan fingerprint density at radius 2 is 1.46 bits per heavy atom. The van der Waals surface area contributed by atoms with E-state index < -0.39 is 29.2 Å². The fourth-order valence-electron chi connectivity index (χ4n) is 3.63. The molecule has 0 aromatic heterocycles. The molecule has 1 aliphatic heterocycles. The maximum atomic E-state index is 13.7. The zero-order valence-electron chi connectivity index (χ0n) is 19.0. The third-order valence-corrected chi connectivity index (χ3v) is 9.98. The van der Waals surface area contributed by atoms with E-state index in [2.05, 4.69) is 0 Å². The topological polar surface area (TPSA) is 54.4 Å². The van der Waals surface area contributed by atoms with Crippen molar-refractivity contribution in [1.29, 1.82) is 0 Å². The Hall–Kier alpha value is -3.22. The van der Waals surface area contributed by atoms with Crippen LogP contribution in [0.5, 0.6) is 0 Å². The van der Waals surface area contributed by atoms with Gasteiger partial charge in [-0.2, -0.15) is 0 Å². The molecule has 0 amide bonds. The quantitative estimate of drug-likeness (QED) is 0.270. The molecule has 0 fully saturated rings. The molecule has 188 valence electrons. The summed E-state index contributed by atoms with van der Waals surface area (Å²) in [5.74, 6) is -5.28. The Bertz CT molecular complexity index is 1480. The van der Waals surface area contributed by atoms with Crippen molar-refractivity contribution < 1.29 is 32.3 Å². The fourth-order valence-corrected chi connectivity index (χ4v) is 7.86. The molecule has 1 aliphatic rings. The summed E-state index contributed by atoms with van der Waals surface area (Å²) < 4.78 is 55.8. The van der Waals surface area contributed by atoms with Crippen molar-refractivity contribution in [2.75, 3.05) is 0 Å². The molecule has 5 rings (SSSR count). The van der Waals surface area contributed by atoms with Crippen LogP contribution < -0.4 is 8.92 Å². The van der Waals surface area contributed by atoms with Gasteiger partial charge in [-0.15, -0.1) is 0 Å². The number of carbonyl (C=O) groups is 2. The summed E-state index contributed by atoms with van der Waals surface area (Å²) in [6.45, 7) is 0. The summed E-state index contributed by atoms with van der Waals surface area (Å²) >= 11 is -0.188. The molecular weight excluding hydrogens is 618 g/mol. The van der Waals surface area contributed by atoms with Crippen molar-refractivity contribution in [1.82, 2.24) is 0 Å². The van der Waals surface area contributed by atoms with Crippen LogP contribution in [0.2, 0.25) is 0 Å². The molecule has 3 nitrogen and oxygen atoms in total. The SMILES string of the molecule is O=C(O)c1ccc(F)c(F)c1C[Se]c1ccccc1.O=C1c2ccccc2[Se]Cc2c1ccc(F)c2F. The number of benzene rings is 4. The first-order valence-corrected chi connectivity index (χ1v) is 15.0. The van der Waals surface area contributed by atoms with Gasteiger partial charge in [-0.3, -0.25) is 0 Å². The number of aromatic carboxylic acids is 1. The van der Waals surface area contributed by atoms with E-state index >= 15 is 0 Å². The van der Waals surface area contributed by atoms with Crippen LogP contribution in [0.1, 0.15) is 37.4 Å². The first kappa shape index (κ1) is 26.8. The van der Waals surface area contributed by atoms with Crippen LogP contribution in [0.3, 0.4) is 0 Å². The molecule has 0 bridgehead atoms. The van der Waals surface area contributed by atoms with Crippen molar-refractivity contribution in [2.24, 2.45) is 0 Å². The Morgan fingerprint density at radius 1 is 0.811 bits per heavy atom. The zero-order valence-corrected chi connectivity index (χ0v) is 22.4. The minimum atomic E-state index is -1.24. The van der Waals surface area contributed by atoms with Crippen molar-refractivity contribution in [3.63, 3.8) is 0 Å². The summed E-state index contributed by atoms with van der Waals surface area (Å²) in [5.41, 5.74) is 0.896. The van der Waals surface area contributed by atoms with E-state index in [0.29, 0.717) is 16.4 Å². The first-order chi connectivity index (χ1) is 17.8. The number of rotatable bonds is 4. The molecule has 0 aliphatic carbocycles. The van der Waals surface area contributed by atoms with Gasteiger partial charge in [0.1, 0.15) is 0 Å². The normalized spacial score (nSPS) is 12.1. The summed E-state index contributed by atoms with van der Waals surface area (Å²) in [6.07, 6.45) is 0. The van der Waals surface area contributed by atoms with Crippen LogP contribution in [0, 0.1) is 23.3 Å². The number of carbonyl (C=O) groups excluding carboxylic acids is 1. The van der Waals surface area contributed by atoms with E-state index in [1.54, 1.807) is 12.1 Å². The average Bonchev–Trinajstić information content (AvgIpc) is 3.05. The Morgan fingerprint density at radius 3 is 2.19 bits per heavy atom. The molecule has 0 saturated heterocycles. The van der Waals surface area contributed by atoms with Gasteiger partial charge in [-0.1, -0.05) is 0 Å². The summed E-state index contributed by atoms with van der Waals surface area (Å²) in [5, 5.41) is 9.62. The molecule has 4 aromatic rings. The van der Waals surface area contributed by atoms with Crippen molar-refractivity contribution in [3.8, 4) is 0 Å². The van der Waals surface area contributed by atoms with Gasteiger partial charge in [0.15, 0.2) is 0 Å². The van der Waals surface area contributed by atoms with Crippen LogP contribution in [-0.4, -0.2) is 46.8 Å². The van der Waals surface area contributed by atoms with Gasteiger partial charge in [0.05, 0.1) is 0 Å².